The predicted molar refractivity (Wildman–Crippen MR) is 127 cm³/mol. The van der Waals surface area contributed by atoms with Crippen LogP contribution >= 0.6 is 11.3 Å². The lowest BCUT2D eigenvalue weighted by Gasteiger charge is -2.37. The van der Waals surface area contributed by atoms with Gasteiger partial charge in [-0.3, -0.25) is 0 Å². The summed E-state index contributed by atoms with van der Waals surface area (Å²) >= 11 is 1.51. The minimum Gasteiger partial charge on any atom is -0.497 e. The molecule has 0 saturated carbocycles. The number of hydrogen-bond acceptors (Lipinski definition) is 9. The molecule has 4 aromatic rings. The summed E-state index contributed by atoms with van der Waals surface area (Å²) in [6.07, 6.45) is 1.51. The Balaban J connectivity index is 1.31. The van der Waals surface area contributed by atoms with Gasteiger partial charge in [0.05, 0.1) is 17.3 Å². The van der Waals surface area contributed by atoms with Gasteiger partial charge in [0.2, 0.25) is 0 Å². The first-order chi connectivity index (χ1) is 15.6. The highest BCUT2D eigenvalue weighted by Crippen LogP contribution is 2.34. The van der Waals surface area contributed by atoms with Crippen molar-refractivity contribution >= 4 is 49.7 Å². The maximum atomic E-state index is 13.2. The van der Waals surface area contributed by atoms with Gasteiger partial charge in [-0.25, -0.2) is 19.3 Å². The molecular formula is C22H22FN7OS. The first kappa shape index (κ1) is 20.3. The van der Waals surface area contributed by atoms with E-state index in [0.717, 1.165) is 47.8 Å². The molecule has 2 aromatic heterocycles. The Morgan fingerprint density at radius 3 is 2.53 bits per heavy atom. The van der Waals surface area contributed by atoms with E-state index in [1.54, 1.807) is 19.2 Å². The maximum Gasteiger partial charge on any atom is 0.189 e. The summed E-state index contributed by atoms with van der Waals surface area (Å²) < 4.78 is 19.5. The van der Waals surface area contributed by atoms with Crippen LogP contribution in [0.5, 0.6) is 5.75 Å². The molecule has 5 rings (SSSR count). The number of nitrogens with one attached hydrogen (secondary N) is 1. The van der Waals surface area contributed by atoms with Crippen molar-refractivity contribution in [1.29, 1.82) is 0 Å². The Hall–Kier alpha value is -3.66. The second-order valence-electron chi connectivity index (χ2n) is 7.39. The second-order valence-corrected chi connectivity index (χ2v) is 8.42. The van der Waals surface area contributed by atoms with Gasteiger partial charge in [-0.1, -0.05) is 11.3 Å². The number of rotatable bonds is 5. The molecule has 0 atom stereocenters. The molecule has 0 aliphatic carbocycles. The molecule has 1 aliphatic heterocycles. The van der Waals surface area contributed by atoms with E-state index in [-0.39, 0.29) is 5.82 Å². The van der Waals surface area contributed by atoms with Crippen molar-refractivity contribution < 1.29 is 9.13 Å². The number of thiazole rings is 1. The summed E-state index contributed by atoms with van der Waals surface area (Å²) in [5.41, 5.74) is 8.81. The molecule has 3 heterocycles. The molecule has 1 fully saturated rings. The zero-order valence-corrected chi connectivity index (χ0v) is 18.3. The minimum absolute atomic E-state index is 0.228. The first-order valence-corrected chi connectivity index (χ1v) is 11.0. The van der Waals surface area contributed by atoms with Crippen LogP contribution in [0.25, 0.3) is 10.2 Å². The molecule has 0 bridgehead atoms. The lowest BCUT2D eigenvalue weighted by Crippen LogP contribution is -2.47. The normalized spacial score (nSPS) is 14.1. The van der Waals surface area contributed by atoms with Crippen LogP contribution in [-0.2, 0) is 0 Å². The van der Waals surface area contributed by atoms with Crippen molar-refractivity contribution in [3.8, 4) is 5.75 Å². The van der Waals surface area contributed by atoms with Gasteiger partial charge in [0.25, 0.3) is 0 Å². The Morgan fingerprint density at radius 2 is 1.78 bits per heavy atom. The van der Waals surface area contributed by atoms with Crippen molar-refractivity contribution in [2.45, 2.75) is 0 Å². The van der Waals surface area contributed by atoms with Gasteiger partial charge in [-0.15, -0.1) is 0 Å². The fraction of sp³-hybridized carbons (Fsp3) is 0.227. The Morgan fingerprint density at radius 1 is 1.03 bits per heavy atom. The van der Waals surface area contributed by atoms with Crippen molar-refractivity contribution in [2.24, 2.45) is 0 Å². The van der Waals surface area contributed by atoms with Crippen LogP contribution in [0.2, 0.25) is 0 Å². The van der Waals surface area contributed by atoms with E-state index in [1.165, 1.54) is 29.8 Å². The third kappa shape index (κ3) is 3.96. The highest BCUT2D eigenvalue weighted by molar-refractivity contribution is 7.22. The minimum atomic E-state index is -0.228. The smallest absolute Gasteiger partial charge is 0.189 e. The quantitative estimate of drug-likeness (QED) is 0.472. The zero-order valence-electron chi connectivity index (χ0n) is 17.5. The maximum absolute atomic E-state index is 13.2. The average molecular weight is 452 g/mol. The van der Waals surface area contributed by atoms with Gasteiger partial charge in [-0.2, -0.15) is 0 Å². The number of fused-ring (bicyclic) bond motifs is 1. The molecule has 0 radical (unpaired) electrons. The summed E-state index contributed by atoms with van der Waals surface area (Å²) in [6, 6.07) is 12.3. The number of methoxy groups -OCH3 is 1. The Bertz CT molecular complexity index is 1240. The molecule has 1 saturated heterocycles. The number of ether oxygens (including phenoxy) is 1. The van der Waals surface area contributed by atoms with E-state index >= 15 is 0 Å². The van der Waals surface area contributed by atoms with Gasteiger partial charge < -0.3 is 25.6 Å². The molecule has 0 unspecified atom stereocenters. The number of aromatic nitrogens is 3. The lowest BCUT2D eigenvalue weighted by molar-refractivity contribution is 0.415. The number of halogens is 1. The number of piperazine rings is 1. The Kier molecular flexibility index (Phi) is 5.36. The van der Waals surface area contributed by atoms with Crippen molar-refractivity contribution in [3.05, 3.63) is 54.6 Å². The van der Waals surface area contributed by atoms with Gasteiger partial charge in [0.15, 0.2) is 16.8 Å². The van der Waals surface area contributed by atoms with E-state index in [9.17, 15) is 4.39 Å². The van der Waals surface area contributed by atoms with Crippen LogP contribution in [-0.4, -0.2) is 48.2 Å². The van der Waals surface area contributed by atoms with E-state index in [1.807, 2.05) is 18.2 Å². The fourth-order valence-electron chi connectivity index (χ4n) is 3.75. The van der Waals surface area contributed by atoms with Crippen molar-refractivity contribution in [1.82, 2.24) is 15.0 Å². The van der Waals surface area contributed by atoms with Gasteiger partial charge in [0, 0.05) is 31.9 Å². The van der Waals surface area contributed by atoms with E-state index < -0.39 is 0 Å². The Labute approximate surface area is 188 Å². The van der Waals surface area contributed by atoms with Gasteiger partial charge in [0.1, 0.15) is 23.6 Å². The second kappa shape index (κ2) is 8.46. The summed E-state index contributed by atoms with van der Waals surface area (Å²) in [5, 5.41) is 3.94. The summed E-state index contributed by atoms with van der Waals surface area (Å²) in [7, 11) is 1.64. The third-order valence-corrected chi connectivity index (χ3v) is 6.39. The monoisotopic (exact) mass is 451 g/mol. The number of anilines is 5. The van der Waals surface area contributed by atoms with E-state index in [0.29, 0.717) is 22.5 Å². The van der Waals surface area contributed by atoms with E-state index in [4.69, 9.17) is 10.5 Å². The van der Waals surface area contributed by atoms with Crippen LogP contribution in [0.1, 0.15) is 0 Å². The van der Waals surface area contributed by atoms with Crippen LogP contribution in [0.15, 0.2) is 48.8 Å². The number of nitrogens with two attached hydrogens (primary N) is 1. The van der Waals surface area contributed by atoms with Gasteiger partial charge >= 0.3 is 0 Å². The topological polar surface area (TPSA) is 92.4 Å². The molecular weight excluding hydrogens is 429 g/mol. The summed E-state index contributed by atoms with van der Waals surface area (Å²) in [6.45, 7) is 3.08. The molecule has 1 aliphatic rings. The molecule has 8 nitrogen and oxygen atoms in total. The van der Waals surface area contributed by atoms with Crippen LogP contribution in [0.3, 0.4) is 0 Å². The third-order valence-electron chi connectivity index (χ3n) is 5.45. The van der Waals surface area contributed by atoms with Crippen LogP contribution < -0.4 is 25.6 Å². The number of nitrogen functional groups attached to an aromatic ring is 1. The van der Waals surface area contributed by atoms with E-state index in [2.05, 4.69) is 30.1 Å². The SMILES string of the molecule is COc1ccc2nc(Nc3ncnc(N4CCN(c5ccc(F)cc5)CC4)c3N)sc2c1. The molecule has 10 heteroatoms. The van der Waals surface area contributed by atoms with Gasteiger partial charge in [-0.05, 0) is 42.5 Å². The lowest BCUT2D eigenvalue weighted by atomic mass is 10.2. The number of nitrogens with zero attached hydrogens (tertiary/aromatic N) is 5. The molecule has 2 aromatic carbocycles. The highest BCUT2D eigenvalue weighted by Gasteiger charge is 2.22. The largest absolute Gasteiger partial charge is 0.497 e. The van der Waals surface area contributed by atoms with Crippen LogP contribution in [0.4, 0.5) is 32.5 Å². The summed E-state index contributed by atoms with van der Waals surface area (Å²) in [4.78, 5) is 17.7. The molecule has 0 spiro atoms. The molecule has 32 heavy (non-hydrogen) atoms. The summed E-state index contributed by atoms with van der Waals surface area (Å²) in [5.74, 6) is 1.79. The molecule has 0 amide bonds. The van der Waals surface area contributed by atoms with Crippen LogP contribution in [0, 0.1) is 5.82 Å². The predicted octanol–water partition coefficient (Wildman–Crippen LogP) is 3.89. The highest BCUT2D eigenvalue weighted by atomic mass is 32.1. The number of hydrogen-bond donors (Lipinski definition) is 2. The van der Waals surface area contributed by atoms with Crippen molar-refractivity contribution in [2.75, 3.05) is 54.1 Å². The average Bonchev–Trinajstić information content (AvgIpc) is 3.22. The number of benzene rings is 2. The molecule has 164 valence electrons. The first-order valence-electron chi connectivity index (χ1n) is 10.2. The zero-order chi connectivity index (χ0) is 22.1. The standard InChI is InChI=1S/C22H22FN7OS/c1-31-16-6-7-17-18(12-16)32-22(27-17)28-20-19(24)21(26-13-25-20)30-10-8-29(9-11-30)15-4-2-14(23)3-5-15/h2-7,12-13H,8-11,24H2,1H3,(H,25,26,27,28). The van der Waals surface area contributed by atoms with Crippen molar-refractivity contribution in [3.63, 3.8) is 0 Å². The molecule has 3 N–H and O–H groups in total. The fourth-order valence-corrected chi connectivity index (χ4v) is 4.65.